The molecule has 0 atom stereocenters. The van der Waals surface area contributed by atoms with Gasteiger partial charge in [0.05, 0.1) is 18.8 Å². The third-order valence-electron chi connectivity index (χ3n) is 4.68. The average molecular weight is 394 g/mol. The van der Waals surface area contributed by atoms with Crippen molar-refractivity contribution in [3.8, 4) is 5.75 Å². The summed E-state index contributed by atoms with van der Waals surface area (Å²) in [5.41, 5.74) is 1.34. The molecular formula is C21H18N2O4S. The van der Waals surface area contributed by atoms with Gasteiger partial charge < -0.3 is 14.0 Å². The molecule has 4 rings (SSSR count). The summed E-state index contributed by atoms with van der Waals surface area (Å²) in [5.74, 6) is 0.351. The predicted octanol–water partition coefficient (Wildman–Crippen LogP) is 3.82. The first-order valence-corrected chi connectivity index (χ1v) is 9.48. The Hall–Kier alpha value is -3.19. The van der Waals surface area contributed by atoms with E-state index in [1.807, 2.05) is 36.4 Å². The van der Waals surface area contributed by atoms with Gasteiger partial charge in [-0.05, 0) is 47.0 Å². The second-order valence-electron chi connectivity index (χ2n) is 6.52. The third kappa shape index (κ3) is 3.14. The van der Waals surface area contributed by atoms with Crippen LogP contribution in [0.25, 0.3) is 21.0 Å². The minimum Gasteiger partial charge on any atom is -0.497 e. The highest BCUT2D eigenvalue weighted by Gasteiger charge is 2.20. The molecule has 0 unspecified atom stereocenters. The highest BCUT2D eigenvalue weighted by Crippen LogP contribution is 2.28. The average Bonchev–Trinajstić information content (AvgIpc) is 3.05. The van der Waals surface area contributed by atoms with E-state index in [1.54, 1.807) is 21.1 Å². The number of methoxy groups -OCH3 is 1. The lowest BCUT2D eigenvalue weighted by molar-refractivity contribution is 0.0478. The molecule has 7 heteroatoms. The number of ether oxygens (including phenoxy) is 2. The number of rotatable bonds is 4. The van der Waals surface area contributed by atoms with Gasteiger partial charge in [0.2, 0.25) is 0 Å². The Kier molecular flexibility index (Phi) is 4.60. The Bertz CT molecular complexity index is 1270. The maximum atomic E-state index is 12.6. The van der Waals surface area contributed by atoms with E-state index in [-0.39, 0.29) is 12.2 Å². The zero-order valence-corrected chi connectivity index (χ0v) is 16.5. The number of aryl methyl sites for hydroxylation is 2. The third-order valence-corrected chi connectivity index (χ3v) is 5.86. The normalized spacial score (nSPS) is 11.1. The van der Waals surface area contributed by atoms with Gasteiger partial charge >= 0.3 is 5.97 Å². The first-order valence-electron chi connectivity index (χ1n) is 8.66. The van der Waals surface area contributed by atoms with E-state index in [1.165, 1.54) is 22.2 Å². The van der Waals surface area contributed by atoms with E-state index < -0.39 is 5.97 Å². The van der Waals surface area contributed by atoms with Crippen LogP contribution in [0.15, 0.2) is 47.5 Å². The van der Waals surface area contributed by atoms with Gasteiger partial charge in [0.25, 0.3) is 5.56 Å². The maximum absolute atomic E-state index is 12.6. The van der Waals surface area contributed by atoms with Crippen molar-refractivity contribution in [3.05, 3.63) is 69.1 Å². The van der Waals surface area contributed by atoms with Crippen LogP contribution in [0.5, 0.6) is 5.75 Å². The summed E-state index contributed by atoms with van der Waals surface area (Å²) >= 11 is 1.18. The maximum Gasteiger partial charge on any atom is 0.349 e. The Morgan fingerprint density at radius 1 is 1.18 bits per heavy atom. The Balaban J connectivity index is 1.57. The number of aromatic nitrogens is 2. The zero-order valence-electron chi connectivity index (χ0n) is 15.7. The number of carbonyl (C=O) groups excluding carboxylic acids is 1. The number of benzene rings is 2. The van der Waals surface area contributed by atoms with Crippen LogP contribution < -0.4 is 10.3 Å². The van der Waals surface area contributed by atoms with Gasteiger partial charge in [-0.15, -0.1) is 11.3 Å². The summed E-state index contributed by atoms with van der Waals surface area (Å²) in [6.45, 7) is 1.90. The molecule has 2 heterocycles. The minimum absolute atomic E-state index is 0.153. The standard InChI is InChI=1S/C21H18N2O4S/c1-12-17-19(22-11-23(2)20(17)24)28-18(12)21(25)27-10-13-4-5-15-9-16(26-3)7-6-14(15)8-13/h4-9,11H,10H2,1-3H3. The summed E-state index contributed by atoms with van der Waals surface area (Å²) in [7, 11) is 3.27. The highest BCUT2D eigenvalue weighted by atomic mass is 32.1. The SMILES string of the molecule is COc1ccc2cc(COC(=O)c3sc4ncn(C)c(=O)c4c3C)ccc2c1. The molecule has 0 radical (unpaired) electrons. The number of esters is 1. The molecule has 28 heavy (non-hydrogen) atoms. The van der Waals surface area contributed by atoms with Crippen LogP contribution in [0, 0.1) is 6.92 Å². The molecule has 0 N–H and O–H groups in total. The molecule has 4 aromatic rings. The summed E-state index contributed by atoms with van der Waals surface area (Å²) in [4.78, 5) is 30.1. The van der Waals surface area contributed by atoms with Crippen LogP contribution >= 0.6 is 11.3 Å². The molecule has 0 saturated carbocycles. The van der Waals surface area contributed by atoms with Gasteiger partial charge in [-0.2, -0.15) is 0 Å². The fourth-order valence-corrected chi connectivity index (χ4v) is 4.14. The van der Waals surface area contributed by atoms with Crippen molar-refractivity contribution in [2.24, 2.45) is 7.05 Å². The second-order valence-corrected chi connectivity index (χ2v) is 7.52. The van der Waals surface area contributed by atoms with Crippen LogP contribution in [-0.2, 0) is 18.4 Å². The molecular weight excluding hydrogens is 376 g/mol. The second kappa shape index (κ2) is 7.09. The van der Waals surface area contributed by atoms with Crippen LogP contribution in [0.3, 0.4) is 0 Å². The van der Waals surface area contributed by atoms with Crippen molar-refractivity contribution in [2.45, 2.75) is 13.5 Å². The number of fused-ring (bicyclic) bond motifs is 2. The minimum atomic E-state index is -0.447. The molecule has 2 aromatic carbocycles. The first kappa shape index (κ1) is 18.2. The van der Waals surface area contributed by atoms with Gasteiger partial charge in [0, 0.05) is 7.05 Å². The number of hydrogen-bond donors (Lipinski definition) is 0. The van der Waals surface area contributed by atoms with E-state index in [2.05, 4.69) is 4.98 Å². The molecule has 0 bridgehead atoms. The molecule has 0 amide bonds. The molecule has 0 aliphatic rings. The summed E-state index contributed by atoms with van der Waals surface area (Å²) in [6.07, 6.45) is 1.46. The Morgan fingerprint density at radius 2 is 1.93 bits per heavy atom. The summed E-state index contributed by atoms with van der Waals surface area (Å²) < 4.78 is 12.1. The molecule has 0 fully saturated rings. The van der Waals surface area contributed by atoms with Crippen LogP contribution in [0.2, 0.25) is 0 Å². The zero-order chi connectivity index (χ0) is 19.8. The van der Waals surface area contributed by atoms with Crippen molar-refractivity contribution >= 4 is 38.3 Å². The van der Waals surface area contributed by atoms with Crippen LogP contribution in [-0.4, -0.2) is 22.6 Å². The quantitative estimate of drug-likeness (QED) is 0.492. The monoisotopic (exact) mass is 394 g/mol. The lowest BCUT2D eigenvalue weighted by Crippen LogP contribution is -2.16. The molecule has 0 aliphatic carbocycles. The van der Waals surface area contributed by atoms with Crippen LogP contribution in [0.1, 0.15) is 20.8 Å². The Morgan fingerprint density at radius 3 is 2.71 bits per heavy atom. The van der Waals surface area contributed by atoms with E-state index in [0.717, 1.165) is 22.1 Å². The van der Waals surface area contributed by atoms with Crippen molar-refractivity contribution < 1.29 is 14.3 Å². The van der Waals surface area contributed by atoms with Gasteiger partial charge in [-0.3, -0.25) is 4.79 Å². The summed E-state index contributed by atoms with van der Waals surface area (Å²) in [6, 6.07) is 11.7. The lowest BCUT2D eigenvalue weighted by Gasteiger charge is -2.07. The van der Waals surface area contributed by atoms with E-state index in [9.17, 15) is 9.59 Å². The smallest absolute Gasteiger partial charge is 0.349 e. The highest BCUT2D eigenvalue weighted by molar-refractivity contribution is 7.20. The van der Waals surface area contributed by atoms with Gasteiger partial charge in [0.1, 0.15) is 22.1 Å². The van der Waals surface area contributed by atoms with Crippen LogP contribution in [0.4, 0.5) is 0 Å². The summed E-state index contributed by atoms with van der Waals surface area (Å²) in [5, 5.41) is 2.57. The van der Waals surface area contributed by atoms with Gasteiger partial charge in [0.15, 0.2) is 0 Å². The number of nitrogens with zero attached hydrogens (tertiary/aromatic N) is 2. The fraction of sp³-hybridized carbons (Fsp3) is 0.190. The lowest BCUT2D eigenvalue weighted by atomic mass is 10.1. The van der Waals surface area contributed by atoms with E-state index >= 15 is 0 Å². The molecule has 0 spiro atoms. The van der Waals surface area contributed by atoms with Crippen molar-refractivity contribution in [1.29, 1.82) is 0 Å². The van der Waals surface area contributed by atoms with E-state index in [0.29, 0.717) is 20.7 Å². The van der Waals surface area contributed by atoms with Gasteiger partial charge in [-0.25, -0.2) is 9.78 Å². The predicted molar refractivity (Wildman–Crippen MR) is 109 cm³/mol. The fourth-order valence-electron chi connectivity index (χ4n) is 3.11. The van der Waals surface area contributed by atoms with Crippen molar-refractivity contribution in [3.63, 3.8) is 0 Å². The molecule has 0 saturated heterocycles. The van der Waals surface area contributed by atoms with Gasteiger partial charge in [-0.1, -0.05) is 18.2 Å². The number of hydrogen-bond acceptors (Lipinski definition) is 6. The number of carbonyl (C=O) groups is 1. The van der Waals surface area contributed by atoms with E-state index in [4.69, 9.17) is 9.47 Å². The largest absolute Gasteiger partial charge is 0.497 e. The Labute approximate surface area is 165 Å². The molecule has 6 nitrogen and oxygen atoms in total. The molecule has 2 aromatic heterocycles. The number of thiophene rings is 1. The van der Waals surface area contributed by atoms with Crippen molar-refractivity contribution in [2.75, 3.05) is 7.11 Å². The molecule has 0 aliphatic heterocycles. The van der Waals surface area contributed by atoms with Crippen molar-refractivity contribution in [1.82, 2.24) is 9.55 Å². The first-order chi connectivity index (χ1) is 13.5. The molecule has 142 valence electrons. The topological polar surface area (TPSA) is 70.4 Å².